The van der Waals surface area contributed by atoms with Gasteiger partial charge in [-0.25, -0.2) is 8.42 Å². The Balaban J connectivity index is 1.67. The van der Waals surface area contributed by atoms with E-state index in [1.807, 2.05) is 6.92 Å². The van der Waals surface area contributed by atoms with Crippen LogP contribution in [0.2, 0.25) is 5.02 Å². The van der Waals surface area contributed by atoms with Gasteiger partial charge in [0.05, 0.1) is 10.6 Å². The Morgan fingerprint density at radius 3 is 2.47 bits per heavy atom. The van der Waals surface area contributed by atoms with E-state index in [4.69, 9.17) is 21.1 Å². The molecule has 1 aliphatic heterocycles. The van der Waals surface area contributed by atoms with Crippen molar-refractivity contribution in [1.29, 1.82) is 0 Å². The van der Waals surface area contributed by atoms with Crippen LogP contribution in [0.1, 0.15) is 11.1 Å². The van der Waals surface area contributed by atoms with E-state index in [0.717, 1.165) is 9.87 Å². The highest BCUT2D eigenvalue weighted by molar-refractivity contribution is 7.92. The summed E-state index contributed by atoms with van der Waals surface area (Å²) in [6, 6.07) is 16.4. The Morgan fingerprint density at radius 1 is 1.00 bits per heavy atom. The van der Waals surface area contributed by atoms with Gasteiger partial charge in [-0.15, -0.1) is 0 Å². The average molecular weight is 473 g/mol. The number of benzene rings is 3. The molecule has 9 heteroatoms. The molecule has 1 aliphatic rings. The summed E-state index contributed by atoms with van der Waals surface area (Å²) in [5.74, 6) is 0.581. The lowest BCUT2D eigenvalue weighted by atomic mass is 10.2. The lowest BCUT2D eigenvalue weighted by Crippen LogP contribution is -2.38. The fourth-order valence-corrected chi connectivity index (χ4v) is 4.94. The van der Waals surface area contributed by atoms with Gasteiger partial charge in [0.25, 0.3) is 10.0 Å². The highest BCUT2D eigenvalue weighted by Crippen LogP contribution is 2.34. The van der Waals surface area contributed by atoms with Crippen LogP contribution < -0.4 is 19.1 Å². The zero-order chi connectivity index (χ0) is 22.9. The number of sulfonamides is 1. The molecule has 0 spiro atoms. The number of carbonyl (C=O) groups excluding carboxylic acids is 1. The third-order valence-electron chi connectivity index (χ3n) is 4.99. The summed E-state index contributed by atoms with van der Waals surface area (Å²) < 4.78 is 38.7. The minimum absolute atomic E-state index is 0.0818. The standard InChI is InChI=1S/C23H21ClN2O5S/c1-15-3-8-19(9-4-15)32(28,29)26(20-11-17(24)6-5-16(20)2)13-23(27)25-18-7-10-21-22(12-18)31-14-30-21/h3-12H,13-14H2,1-2H3,(H,25,27). The molecule has 0 unspecified atom stereocenters. The first-order chi connectivity index (χ1) is 15.2. The Kier molecular flexibility index (Phi) is 5.99. The number of ether oxygens (including phenoxy) is 2. The zero-order valence-corrected chi connectivity index (χ0v) is 19.0. The van der Waals surface area contributed by atoms with E-state index in [-0.39, 0.29) is 11.7 Å². The largest absolute Gasteiger partial charge is 0.454 e. The summed E-state index contributed by atoms with van der Waals surface area (Å²) >= 11 is 6.15. The van der Waals surface area contributed by atoms with Crippen molar-refractivity contribution < 1.29 is 22.7 Å². The van der Waals surface area contributed by atoms with Crippen LogP contribution in [0.15, 0.2) is 65.6 Å². The molecule has 7 nitrogen and oxygen atoms in total. The molecule has 0 fully saturated rings. The number of rotatable bonds is 6. The quantitative estimate of drug-likeness (QED) is 0.570. The molecule has 0 saturated carbocycles. The highest BCUT2D eigenvalue weighted by atomic mass is 35.5. The Hall–Kier alpha value is -3.23. The first kappa shape index (κ1) is 22.0. The van der Waals surface area contributed by atoms with Crippen LogP contribution in [0.3, 0.4) is 0 Å². The van der Waals surface area contributed by atoms with Gasteiger partial charge in [0.15, 0.2) is 11.5 Å². The molecular weight excluding hydrogens is 452 g/mol. The molecule has 0 atom stereocenters. The normalized spacial score (nSPS) is 12.5. The van der Waals surface area contributed by atoms with Crippen molar-refractivity contribution in [2.24, 2.45) is 0 Å². The lowest BCUT2D eigenvalue weighted by molar-refractivity contribution is -0.114. The highest BCUT2D eigenvalue weighted by Gasteiger charge is 2.28. The summed E-state index contributed by atoms with van der Waals surface area (Å²) in [7, 11) is -4.04. The number of nitrogens with one attached hydrogen (secondary N) is 1. The van der Waals surface area contributed by atoms with E-state index in [2.05, 4.69) is 5.32 Å². The average Bonchev–Trinajstić information content (AvgIpc) is 3.22. The van der Waals surface area contributed by atoms with Crippen molar-refractivity contribution >= 4 is 38.9 Å². The number of anilines is 2. The number of fused-ring (bicyclic) bond motifs is 1. The molecular formula is C23H21ClN2O5S. The van der Waals surface area contributed by atoms with Crippen LogP contribution in [-0.4, -0.2) is 27.7 Å². The number of nitrogens with zero attached hydrogens (tertiary/aromatic N) is 1. The molecule has 0 radical (unpaired) electrons. The maximum Gasteiger partial charge on any atom is 0.264 e. The van der Waals surface area contributed by atoms with Crippen LogP contribution in [0.5, 0.6) is 11.5 Å². The van der Waals surface area contributed by atoms with E-state index in [1.54, 1.807) is 49.4 Å². The molecule has 166 valence electrons. The molecule has 3 aromatic carbocycles. The molecule has 4 rings (SSSR count). The maximum absolute atomic E-state index is 13.5. The Morgan fingerprint density at radius 2 is 1.72 bits per heavy atom. The zero-order valence-electron chi connectivity index (χ0n) is 17.5. The van der Waals surface area contributed by atoms with Gasteiger partial charge in [0, 0.05) is 16.8 Å². The third kappa shape index (κ3) is 4.51. The Labute approximate surface area is 191 Å². The van der Waals surface area contributed by atoms with Crippen molar-refractivity contribution in [3.05, 3.63) is 76.8 Å². The second kappa shape index (κ2) is 8.72. The first-order valence-corrected chi connectivity index (χ1v) is 11.6. The van der Waals surface area contributed by atoms with Gasteiger partial charge in [-0.05, 0) is 55.8 Å². The van der Waals surface area contributed by atoms with Gasteiger partial charge < -0.3 is 14.8 Å². The van der Waals surface area contributed by atoms with Crippen molar-refractivity contribution in [1.82, 2.24) is 0 Å². The molecule has 1 heterocycles. The maximum atomic E-state index is 13.5. The van der Waals surface area contributed by atoms with Crippen LogP contribution in [0, 0.1) is 13.8 Å². The van der Waals surface area contributed by atoms with E-state index >= 15 is 0 Å². The van der Waals surface area contributed by atoms with Crippen molar-refractivity contribution in [3.8, 4) is 11.5 Å². The van der Waals surface area contributed by atoms with E-state index in [0.29, 0.717) is 33.5 Å². The van der Waals surface area contributed by atoms with Gasteiger partial charge >= 0.3 is 0 Å². The minimum Gasteiger partial charge on any atom is -0.454 e. The summed E-state index contributed by atoms with van der Waals surface area (Å²) in [5.41, 5.74) is 2.39. The number of halogens is 1. The second-order valence-corrected chi connectivity index (χ2v) is 9.67. The van der Waals surface area contributed by atoms with Crippen molar-refractivity contribution in [3.63, 3.8) is 0 Å². The summed E-state index contributed by atoms with van der Waals surface area (Å²) in [6.07, 6.45) is 0. The third-order valence-corrected chi connectivity index (χ3v) is 7.00. The number of amides is 1. The lowest BCUT2D eigenvalue weighted by Gasteiger charge is -2.26. The predicted molar refractivity (Wildman–Crippen MR) is 123 cm³/mol. The molecule has 0 bridgehead atoms. The number of hydrogen-bond donors (Lipinski definition) is 1. The van der Waals surface area contributed by atoms with E-state index < -0.39 is 22.5 Å². The smallest absolute Gasteiger partial charge is 0.264 e. The van der Waals surface area contributed by atoms with Crippen LogP contribution in [-0.2, 0) is 14.8 Å². The summed E-state index contributed by atoms with van der Waals surface area (Å²) in [6.45, 7) is 3.31. The van der Waals surface area contributed by atoms with Gasteiger partial charge in [-0.3, -0.25) is 9.10 Å². The fourth-order valence-electron chi connectivity index (χ4n) is 3.29. The topological polar surface area (TPSA) is 84.9 Å². The van der Waals surface area contributed by atoms with E-state index in [1.165, 1.54) is 18.2 Å². The molecule has 32 heavy (non-hydrogen) atoms. The van der Waals surface area contributed by atoms with Gasteiger partial charge in [0.2, 0.25) is 12.7 Å². The molecule has 0 saturated heterocycles. The molecule has 1 N–H and O–H groups in total. The second-order valence-electron chi connectivity index (χ2n) is 7.37. The molecule has 0 aliphatic carbocycles. The number of hydrogen-bond acceptors (Lipinski definition) is 5. The fraction of sp³-hybridized carbons (Fsp3) is 0.174. The number of aryl methyl sites for hydroxylation is 2. The van der Waals surface area contributed by atoms with Crippen molar-refractivity contribution in [2.75, 3.05) is 23.0 Å². The summed E-state index contributed by atoms with van der Waals surface area (Å²) in [4.78, 5) is 13.0. The molecule has 0 aromatic heterocycles. The van der Waals surface area contributed by atoms with Gasteiger partial charge in [-0.2, -0.15) is 0 Å². The van der Waals surface area contributed by atoms with Crippen molar-refractivity contribution in [2.45, 2.75) is 18.7 Å². The SMILES string of the molecule is Cc1ccc(S(=O)(=O)N(CC(=O)Nc2ccc3c(c2)OCO3)c2cc(Cl)ccc2C)cc1. The van der Waals surface area contributed by atoms with Crippen LogP contribution in [0.25, 0.3) is 0 Å². The first-order valence-electron chi connectivity index (χ1n) is 9.79. The van der Waals surface area contributed by atoms with Crippen LogP contribution >= 0.6 is 11.6 Å². The van der Waals surface area contributed by atoms with Gasteiger partial charge in [0.1, 0.15) is 6.54 Å². The molecule has 3 aromatic rings. The van der Waals surface area contributed by atoms with Crippen LogP contribution in [0.4, 0.5) is 11.4 Å². The summed E-state index contributed by atoms with van der Waals surface area (Å²) in [5, 5.41) is 3.09. The monoisotopic (exact) mass is 472 g/mol. The Bertz CT molecular complexity index is 1280. The van der Waals surface area contributed by atoms with E-state index in [9.17, 15) is 13.2 Å². The minimum atomic E-state index is -4.04. The number of carbonyl (C=O) groups is 1. The predicted octanol–water partition coefficient (Wildman–Crippen LogP) is 4.52. The van der Waals surface area contributed by atoms with Gasteiger partial charge in [-0.1, -0.05) is 35.4 Å². The molecule has 1 amide bonds.